The molecule has 0 aliphatic carbocycles. The molecule has 15 heteroatoms. The highest BCUT2D eigenvalue weighted by molar-refractivity contribution is 5.94. The van der Waals surface area contributed by atoms with E-state index in [1.807, 2.05) is 0 Å². The molecule has 1 aromatic heterocycles. The fraction of sp³-hybridized carbons (Fsp3) is 0.348. The Bertz CT molecular complexity index is 1260. The van der Waals surface area contributed by atoms with E-state index >= 15 is 0 Å². The molecule has 38 heavy (non-hydrogen) atoms. The number of aromatic nitrogens is 1. The molecule has 2 rings (SSSR count). The number of carboxylic acids is 1. The summed E-state index contributed by atoms with van der Waals surface area (Å²) in [5, 5.41) is 16.1. The van der Waals surface area contributed by atoms with Crippen molar-refractivity contribution in [3.05, 3.63) is 58.0 Å². The molecule has 1 aromatic carbocycles. The minimum absolute atomic E-state index is 0.0141. The van der Waals surface area contributed by atoms with Gasteiger partial charge in [0, 0.05) is 18.8 Å². The van der Waals surface area contributed by atoms with Crippen molar-refractivity contribution in [3.63, 3.8) is 0 Å². The molecule has 3 amide bonds. The van der Waals surface area contributed by atoms with Gasteiger partial charge in [0.05, 0.1) is 6.42 Å². The van der Waals surface area contributed by atoms with E-state index in [-0.39, 0.29) is 24.7 Å². The fourth-order valence-electron chi connectivity index (χ4n) is 3.30. The minimum atomic E-state index is -1.91. The molecule has 0 radical (unpaired) electrons. The molecule has 0 aliphatic rings. The van der Waals surface area contributed by atoms with Crippen molar-refractivity contribution in [2.45, 2.75) is 38.8 Å². The number of Topliss-reactive ketones (excluding diaryl/α,β-unsaturated/α-hetero) is 1. The molecule has 2 aromatic rings. The van der Waals surface area contributed by atoms with Crippen LogP contribution in [0.4, 0.5) is 28.0 Å². The molecular formula is C23H24F4N4O7. The summed E-state index contributed by atoms with van der Waals surface area (Å²) in [5.74, 6) is -12.7. The lowest BCUT2D eigenvalue weighted by Crippen LogP contribution is -2.48. The molecule has 0 saturated heterocycles. The Morgan fingerprint density at radius 2 is 1.71 bits per heavy atom. The van der Waals surface area contributed by atoms with Crippen LogP contribution in [0.1, 0.15) is 32.7 Å². The van der Waals surface area contributed by atoms with Crippen LogP contribution in [0.15, 0.2) is 29.2 Å². The molecule has 0 fully saturated rings. The number of nitrogens with zero attached hydrogens (tertiary/aromatic N) is 1. The van der Waals surface area contributed by atoms with Gasteiger partial charge in [-0.05, 0) is 25.5 Å². The summed E-state index contributed by atoms with van der Waals surface area (Å²) < 4.78 is 59.9. The number of benzene rings is 1. The van der Waals surface area contributed by atoms with Crippen molar-refractivity contribution in [1.29, 1.82) is 0 Å². The number of pyridine rings is 1. The van der Waals surface area contributed by atoms with Crippen LogP contribution in [-0.2, 0) is 14.4 Å². The second kappa shape index (κ2) is 13.2. The van der Waals surface area contributed by atoms with Gasteiger partial charge in [0.2, 0.25) is 17.5 Å². The summed E-state index contributed by atoms with van der Waals surface area (Å²) in [6.07, 6.45) is 0.237. The first kappa shape index (κ1) is 29.8. The van der Waals surface area contributed by atoms with Gasteiger partial charge in [-0.3, -0.25) is 19.2 Å². The summed E-state index contributed by atoms with van der Waals surface area (Å²) in [7, 11) is 0. The number of carboxylic acid groups (broad SMARTS) is 1. The van der Waals surface area contributed by atoms with E-state index in [9.17, 15) is 41.5 Å². The zero-order chi connectivity index (χ0) is 28.6. The largest absolute Gasteiger partial charge is 0.481 e. The first-order valence-electron chi connectivity index (χ1n) is 11.2. The third-order valence-electron chi connectivity index (χ3n) is 5.10. The van der Waals surface area contributed by atoms with Crippen molar-refractivity contribution >= 4 is 29.4 Å². The molecule has 0 aliphatic heterocycles. The van der Waals surface area contributed by atoms with Crippen molar-refractivity contribution in [2.24, 2.45) is 0 Å². The Balaban J connectivity index is 2.25. The predicted molar refractivity (Wildman–Crippen MR) is 124 cm³/mol. The summed E-state index contributed by atoms with van der Waals surface area (Å²) >= 11 is 0. The number of carbonyl (C=O) groups excluding carboxylic acids is 3. The zero-order valence-electron chi connectivity index (χ0n) is 20.1. The molecule has 206 valence electrons. The number of amides is 3. The first-order chi connectivity index (χ1) is 17.9. The summed E-state index contributed by atoms with van der Waals surface area (Å²) in [6, 6.07) is -1.14. The molecule has 0 spiro atoms. The van der Waals surface area contributed by atoms with Gasteiger partial charge in [0.15, 0.2) is 23.2 Å². The standard InChI is InChI=1S/C23H24F4N4O7/c1-3-15(31-7-5-6-13(22(31)36)30-23(37)28-4-2)21(35)29-14(9-17(33)34)16(32)10-38-20-18(26)11(24)8-12(25)19(20)27/h5-8,14-15H,3-4,9-10H2,1-2H3,(H,29,35)(H,33,34)(H2,28,30,37)/t14-,15-/m0/s1. The van der Waals surface area contributed by atoms with Crippen LogP contribution in [0.2, 0.25) is 0 Å². The van der Waals surface area contributed by atoms with E-state index in [0.29, 0.717) is 0 Å². The van der Waals surface area contributed by atoms with Gasteiger partial charge in [-0.1, -0.05) is 6.92 Å². The number of carbonyl (C=O) groups is 4. The number of nitrogens with one attached hydrogen (secondary N) is 3. The molecule has 0 saturated carbocycles. The number of ketones is 1. The predicted octanol–water partition coefficient (Wildman–Crippen LogP) is 2.10. The van der Waals surface area contributed by atoms with Crippen molar-refractivity contribution in [3.8, 4) is 5.75 Å². The van der Waals surface area contributed by atoms with E-state index in [0.717, 1.165) is 4.57 Å². The minimum Gasteiger partial charge on any atom is -0.481 e. The van der Waals surface area contributed by atoms with Gasteiger partial charge in [0.1, 0.15) is 24.4 Å². The van der Waals surface area contributed by atoms with Crippen LogP contribution in [0, 0.1) is 23.3 Å². The highest BCUT2D eigenvalue weighted by atomic mass is 19.2. The van der Waals surface area contributed by atoms with Gasteiger partial charge < -0.3 is 30.4 Å². The molecule has 2 atom stereocenters. The molecule has 11 nitrogen and oxygen atoms in total. The van der Waals surface area contributed by atoms with Crippen LogP contribution >= 0.6 is 0 Å². The van der Waals surface area contributed by atoms with Crippen LogP contribution in [-0.4, -0.2) is 52.6 Å². The zero-order valence-corrected chi connectivity index (χ0v) is 20.1. The number of ether oxygens (including phenoxy) is 1. The Labute approximate surface area is 212 Å². The van der Waals surface area contributed by atoms with Gasteiger partial charge in [-0.15, -0.1) is 0 Å². The van der Waals surface area contributed by atoms with Gasteiger partial charge in [0.25, 0.3) is 5.56 Å². The van der Waals surface area contributed by atoms with E-state index in [2.05, 4.69) is 20.7 Å². The summed E-state index contributed by atoms with van der Waals surface area (Å²) in [5.41, 5.74) is -0.938. The first-order valence-corrected chi connectivity index (χ1v) is 11.2. The van der Waals surface area contributed by atoms with E-state index in [1.54, 1.807) is 6.92 Å². The normalized spacial score (nSPS) is 12.3. The van der Waals surface area contributed by atoms with Crippen molar-refractivity contribution in [1.82, 2.24) is 15.2 Å². The number of urea groups is 1. The summed E-state index contributed by atoms with van der Waals surface area (Å²) in [4.78, 5) is 61.4. The molecular weight excluding hydrogens is 520 g/mol. The van der Waals surface area contributed by atoms with Crippen LogP contribution in [0.25, 0.3) is 0 Å². The average molecular weight is 544 g/mol. The van der Waals surface area contributed by atoms with Crippen molar-refractivity contribution in [2.75, 3.05) is 18.5 Å². The molecule has 1 heterocycles. The third-order valence-corrected chi connectivity index (χ3v) is 5.10. The van der Waals surface area contributed by atoms with Gasteiger partial charge in [-0.25, -0.2) is 13.6 Å². The summed E-state index contributed by atoms with van der Waals surface area (Å²) in [6.45, 7) is 2.20. The number of hydrogen-bond acceptors (Lipinski definition) is 6. The molecule has 4 N–H and O–H groups in total. The van der Waals surface area contributed by atoms with E-state index in [4.69, 9.17) is 5.11 Å². The topological polar surface area (TPSA) is 156 Å². The second-order valence-corrected chi connectivity index (χ2v) is 7.75. The third kappa shape index (κ3) is 7.30. The van der Waals surface area contributed by atoms with Crippen LogP contribution in [0.5, 0.6) is 5.75 Å². The maximum absolute atomic E-state index is 13.8. The fourth-order valence-corrected chi connectivity index (χ4v) is 3.30. The Kier molecular flexibility index (Phi) is 10.4. The lowest BCUT2D eigenvalue weighted by Gasteiger charge is -2.22. The maximum Gasteiger partial charge on any atom is 0.319 e. The molecule has 0 unspecified atom stereocenters. The monoisotopic (exact) mass is 544 g/mol. The Hall–Kier alpha value is -4.43. The van der Waals surface area contributed by atoms with E-state index in [1.165, 1.54) is 25.3 Å². The Morgan fingerprint density at radius 3 is 2.26 bits per heavy atom. The van der Waals surface area contributed by atoms with Gasteiger partial charge in [-0.2, -0.15) is 8.78 Å². The van der Waals surface area contributed by atoms with Crippen LogP contribution in [0.3, 0.4) is 0 Å². The average Bonchev–Trinajstić information content (AvgIpc) is 2.84. The van der Waals surface area contributed by atoms with Crippen LogP contribution < -0.4 is 26.2 Å². The quantitative estimate of drug-likeness (QED) is 0.236. The lowest BCUT2D eigenvalue weighted by atomic mass is 10.1. The highest BCUT2D eigenvalue weighted by Crippen LogP contribution is 2.26. The van der Waals surface area contributed by atoms with Crippen molar-refractivity contribution < 1.29 is 46.6 Å². The number of hydrogen-bond donors (Lipinski definition) is 4. The number of rotatable bonds is 12. The lowest BCUT2D eigenvalue weighted by molar-refractivity contribution is -0.140. The second-order valence-electron chi connectivity index (χ2n) is 7.75. The van der Waals surface area contributed by atoms with Gasteiger partial charge >= 0.3 is 12.0 Å². The smallest absolute Gasteiger partial charge is 0.319 e. The number of aliphatic carboxylic acids is 1. The maximum atomic E-state index is 13.8. The Morgan fingerprint density at radius 1 is 1.08 bits per heavy atom. The SMILES string of the molecule is CCNC(=O)Nc1cccn([C@@H](CC)C(=O)N[C@@H](CC(=O)O)C(=O)COc2c(F)c(F)cc(F)c2F)c1=O. The number of halogens is 4. The van der Waals surface area contributed by atoms with E-state index < -0.39 is 83.4 Å². The number of anilines is 1. The molecule has 0 bridgehead atoms. The highest BCUT2D eigenvalue weighted by Gasteiger charge is 2.30.